The molecule has 1 aromatic heterocycles. The Hall–Kier alpha value is -3.60. The van der Waals surface area contributed by atoms with E-state index in [1.807, 2.05) is 19.9 Å². The van der Waals surface area contributed by atoms with E-state index in [-0.39, 0.29) is 6.54 Å². The van der Waals surface area contributed by atoms with Gasteiger partial charge in [0.1, 0.15) is 18.0 Å². The van der Waals surface area contributed by atoms with Gasteiger partial charge in [-0.2, -0.15) is 0 Å². The summed E-state index contributed by atoms with van der Waals surface area (Å²) in [6.45, 7) is 6.84. The Bertz CT molecular complexity index is 952. The highest BCUT2D eigenvalue weighted by Crippen LogP contribution is 2.39. The number of nitrogens with zero attached hydrogens (tertiary/aromatic N) is 4. The Morgan fingerprint density at radius 2 is 1.76 bits per heavy atom. The minimum Gasteiger partial charge on any atom is -0.492 e. The van der Waals surface area contributed by atoms with E-state index in [2.05, 4.69) is 20.2 Å². The van der Waals surface area contributed by atoms with Gasteiger partial charge in [0.15, 0.2) is 6.61 Å². The van der Waals surface area contributed by atoms with E-state index in [0.717, 1.165) is 18.8 Å². The van der Waals surface area contributed by atoms with Crippen LogP contribution in [-0.2, 0) is 19.1 Å². The van der Waals surface area contributed by atoms with Crippen LogP contribution in [0.25, 0.3) is 0 Å². The molecule has 0 bridgehead atoms. The largest absolute Gasteiger partial charge is 0.492 e. The molecule has 2 heterocycles. The predicted octanol–water partition coefficient (Wildman–Crippen LogP) is 1.73. The average molecular weight is 474 g/mol. The summed E-state index contributed by atoms with van der Waals surface area (Å²) in [6.07, 6.45) is 3.16. The minimum absolute atomic E-state index is 0.0930. The van der Waals surface area contributed by atoms with Crippen molar-refractivity contribution >= 4 is 29.2 Å². The average Bonchev–Trinajstić information content (AvgIpc) is 2.85. The predicted molar refractivity (Wildman–Crippen MR) is 127 cm³/mol. The summed E-state index contributed by atoms with van der Waals surface area (Å²) in [5, 5.41) is 2.76. The van der Waals surface area contributed by atoms with Crippen molar-refractivity contribution in [3.63, 3.8) is 0 Å². The second-order valence-electron chi connectivity index (χ2n) is 7.40. The molecule has 34 heavy (non-hydrogen) atoms. The van der Waals surface area contributed by atoms with Crippen molar-refractivity contribution in [2.24, 2.45) is 0 Å². The summed E-state index contributed by atoms with van der Waals surface area (Å²) < 4.78 is 22.2. The van der Waals surface area contributed by atoms with Crippen LogP contribution in [0.4, 0.5) is 17.3 Å². The van der Waals surface area contributed by atoms with Crippen LogP contribution in [-0.4, -0.2) is 81.6 Å². The molecule has 0 saturated carbocycles. The van der Waals surface area contributed by atoms with Gasteiger partial charge in [-0.1, -0.05) is 0 Å². The monoisotopic (exact) mass is 473 g/mol. The van der Waals surface area contributed by atoms with Crippen LogP contribution >= 0.6 is 0 Å². The topological polar surface area (TPSA) is 115 Å². The molecular weight excluding hydrogens is 442 g/mol. The lowest BCUT2D eigenvalue weighted by atomic mass is 10.2. The molecule has 0 atom stereocenters. The second-order valence-corrected chi connectivity index (χ2v) is 7.40. The number of aromatic nitrogens is 2. The van der Waals surface area contributed by atoms with Crippen LogP contribution < -0.4 is 24.6 Å². The summed E-state index contributed by atoms with van der Waals surface area (Å²) in [5.74, 6) is 0.453. The van der Waals surface area contributed by atoms with Gasteiger partial charge in [-0.15, -0.1) is 0 Å². The molecule has 0 radical (unpaired) electrons. The normalized spacial score (nSPS) is 13.2. The molecule has 184 valence electrons. The van der Waals surface area contributed by atoms with E-state index >= 15 is 0 Å². The fourth-order valence-corrected chi connectivity index (χ4v) is 3.37. The molecule has 1 aliphatic rings. The zero-order valence-electron chi connectivity index (χ0n) is 19.8. The summed E-state index contributed by atoms with van der Waals surface area (Å²) >= 11 is 0. The zero-order chi connectivity index (χ0) is 24.3. The van der Waals surface area contributed by atoms with Gasteiger partial charge in [0, 0.05) is 44.7 Å². The van der Waals surface area contributed by atoms with Crippen LogP contribution in [0.5, 0.6) is 11.5 Å². The molecule has 1 aliphatic heterocycles. The van der Waals surface area contributed by atoms with Crippen molar-refractivity contribution < 1.29 is 28.5 Å². The molecular formula is C23H31N5O6. The number of likely N-dealkylation sites (N-methyl/N-ethyl adjacent to an activating group) is 1. The maximum Gasteiger partial charge on any atom is 0.326 e. The Morgan fingerprint density at radius 1 is 1.09 bits per heavy atom. The Kier molecular flexibility index (Phi) is 9.27. The third kappa shape index (κ3) is 6.95. The Labute approximate surface area is 199 Å². The van der Waals surface area contributed by atoms with Gasteiger partial charge in [0.05, 0.1) is 37.8 Å². The number of amides is 1. The fourth-order valence-electron chi connectivity index (χ4n) is 3.37. The summed E-state index contributed by atoms with van der Waals surface area (Å²) in [6, 6.07) is 5.27. The third-order valence-electron chi connectivity index (χ3n) is 4.91. The third-order valence-corrected chi connectivity index (χ3v) is 4.91. The summed E-state index contributed by atoms with van der Waals surface area (Å²) in [7, 11) is 1.66. The van der Waals surface area contributed by atoms with Crippen molar-refractivity contribution in [3.8, 4) is 11.5 Å². The van der Waals surface area contributed by atoms with Crippen LogP contribution in [0.3, 0.4) is 0 Å². The lowest BCUT2D eigenvalue weighted by molar-refractivity contribution is -0.145. The van der Waals surface area contributed by atoms with E-state index in [4.69, 9.17) is 18.9 Å². The van der Waals surface area contributed by atoms with Crippen molar-refractivity contribution in [2.75, 3.05) is 74.8 Å². The number of carbonyl (C=O) groups is 2. The van der Waals surface area contributed by atoms with Gasteiger partial charge < -0.3 is 34.1 Å². The lowest BCUT2D eigenvalue weighted by Crippen LogP contribution is -2.36. The molecule has 2 aromatic rings. The number of anilines is 3. The maximum atomic E-state index is 12.5. The maximum absolute atomic E-state index is 12.5. The van der Waals surface area contributed by atoms with E-state index in [9.17, 15) is 9.59 Å². The van der Waals surface area contributed by atoms with Crippen LogP contribution in [0, 0.1) is 0 Å². The molecule has 1 amide bonds. The van der Waals surface area contributed by atoms with Gasteiger partial charge in [-0.3, -0.25) is 9.59 Å². The lowest BCUT2D eigenvalue weighted by Gasteiger charge is -2.31. The van der Waals surface area contributed by atoms with E-state index in [1.165, 1.54) is 4.90 Å². The molecule has 1 saturated heterocycles. The zero-order valence-corrected chi connectivity index (χ0v) is 19.8. The Morgan fingerprint density at radius 3 is 2.44 bits per heavy atom. The van der Waals surface area contributed by atoms with Crippen molar-refractivity contribution in [1.82, 2.24) is 9.97 Å². The van der Waals surface area contributed by atoms with Crippen molar-refractivity contribution in [3.05, 3.63) is 30.6 Å². The van der Waals surface area contributed by atoms with Crippen LogP contribution in [0.2, 0.25) is 0 Å². The standard InChI is InChI=1S/C23H31N5O6/c1-4-32-19-14-18(28-9-11-31-12-10-28)20(33-5-2)13-17(19)26-21(29)16-34-22(30)15-27(3)23-24-7-6-8-25-23/h6-8,13-14H,4-5,9-12,15-16H2,1-3H3,(H,26,29). The minimum atomic E-state index is -0.576. The second kappa shape index (κ2) is 12.6. The van der Waals surface area contributed by atoms with Crippen LogP contribution in [0.15, 0.2) is 30.6 Å². The molecule has 3 rings (SSSR count). The number of ether oxygens (including phenoxy) is 4. The van der Waals surface area contributed by atoms with Gasteiger partial charge in [0.25, 0.3) is 5.91 Å². The number of carbonyl (C=O) groups excluding carboxylic acids is 2. The quantitative estimate of drug-likeness (QED) is 0.484. The first-order chi connectivity index (χ1) is 16.5. The van der Waals surface area contributed by atoms with Gasteiger partial charge in [0.2, 0.25) is 5.95 Å². The van der Waals surface area contributed by atoms with Gasteiger partial charge in [-0.25, -0.2) is 9.97 Å². The number of nitrogens with one attached hydrogen (secondary N) is 1. The molecule has 0 unspecified atom stereocenters. The first-order valence-electron chi connectivity index (χ1n) is 11.2. The van der Waals surface area contributed by atoms with E-state index in [0.29, 0.717) is 49.6 Å². The number of esters is 1. The molecule has 11 heteroatoms. The number of hydrogen-bond acceptors (Lipinski definition) is 10. The molecule has 0 spiro atoms. The van der Waals surface area contributed by atoms with Gasteiger partial charge in [-0.05, 0) is 19.9 Å². The van der Waals surface area contributed by atoms with Crippen LogP contribution in [0.1, 0.15) is 13.8 Å². The van der Waals surface area contributed by atoms with Crippen molar-refractivity contribution in [1.29, 1.82) is 0 Å². The molecule has 1 aromatic carbocycles. The summed E-state index contributed by atoms with van der Waals surface area (Å²) in [5.41, 5.74) is 1.32. The summed E-state index contributed by atoms with van der Waals surface area (Å²) in [4.78, 5) is 36.5. The first-order valence-corrected chi connectivity index (χ1v) is 11.2. The van der Waals surface area contributed by atoms with Crippen molar-refractivity contribution in [2.45, 2.75) is 13.8 Å². The number of rotatable bonds is 11. The SMILES string of the molecule is CCOc1cc(N2CCOCC2)c(OCC)cc1NC(=O)COC(=O)CN(C)c1ncccn1. The van der Waals surface area contributed by atoms with Gasteiger partial charge >= 0.3 is 5.97 Å². The molecule has 0 aliphatic carbocycles. The number of benzene rings is 1. The smallest absolute Gasteiger partial charge is 0.326 e. The molecule has 1 N–H and O–H groups in total. The first kappa shape index (κ1) is 25.0. The number of morpholine rings is 1. The fraction of sp³-hybridized carbons (Fsp3) is 0.478. The number of hydrogen-bond donors (Lipinski definition) is 1. The highest BCUT2D eigenvalue weighted by molar-refractivity contribution is 5.95. The molecule has 1 fully saturated rings. The Balaban J connectivity index is 1.65. The highest BCUT2D eigenvalue weighted by atomic mass is 16.5. The van der Waals surface area contributed by atoms with E-state index < -0.39 is 18.5 Å². The highest BCUT2D eigenvalue weighted by Gasteiger charge is 2.21. The van der Waals surface area contributed by atoms with E-state index in [1.54, 1.807) is 31.6 Å². The molecule has 11 nitrogen and oxygen atoms in total.